The van der Waals surface area contributed by atoms with Crippen molar-refractivity contribution in [3.63, 3.8) is 0 Å². The third-order valence-corrected chi connectivity index (χ3v) is 3.94. The molecule has 3 N–H and O–H groups in total. The zero-order chi connectivity index (χ0) is 13.9. The van der Waals surface area contributed by atoms with E-state index in [1.807, 2.05) is 0 Å². The fourth-order valence-electron chi connectivity index (χ4n) is 1.66. The molecule has 8 heteroatoms. The summed E-state index contributed by atoms with van der Waals surface area (Å²) in [5.74, 6) is 0.431. The standard InChI is InChI=1S/C11H16N4O3S/c1-9(8-15-6-2-5-13-15)14-19(16,17)11-4-3-10(7-12)18-11/h2-6,9,14H,7-8,12H2,1H3. The molecule has 0 aliphatic carbocycles. The van der Waals surface area contributed by atoms with E-state index in [-0.39, 0.29) is 17.7 Å². The molecule has 2 aromatic rings. The Kier molecular flexibility index (Phi) is 4.03. The van der Waals surface area contributed by atoms with E-state index in [0.717, 1.165) is 0 Å². The molecule has 1 atom stereocenters. The first kappa shape index (κ1) is 13.8. The molecule has 0 radical (unpaired) electrons. The first-order valence-electron chi connectivity index (χ1n) is 5.80. The summed E-state index contributed by atoms with van der Waals surface area (Å²) in [5.41, 5.74) is 5.38. The van der Waals surface area contributed by atoms with Gasteiger partial charge in [0.1, 0.15) is 5.76 Å². The molecule has 104 valence electrons. The van der Waals surface area contributed by atoms with Crippen LogP contribution < -0.4 is 10.5 Å². The molecule has 0 saturated carbocycles. The van der Waals surface area contributed by atoms with Gasteiger partial charge < -0.3 is 10.2 Å². The Balaban J connectivity index is 2.04. The van der Waals surface area contributed by atoms with Crippen LogP contribution in [0.5, 0.6) is 0 Å². The van der Waals surface area contributed by atoms with Crippen molar-refractivity contribution in [1.82, 2.24) is 14.5 Å². The van der Waals surface area contributed by atoms with Crippen LogP contribution in [-0.2, 0) is 23.1 Å². The average Bonchev–Trinajstić information content (AvgIpc) is 2.97. The summed E-state index contributed by atoms with van der Waals surface area (Å²) in [5, 5.41) is 3.89. The van der Waals surface area contributed by atoms with Gasteiger partial charge in [-0.15, -0.1) is 0 Å². The molecule has 0 fully saturated rings. The molecule has 2 aromatic heterocycles. The van der Waals surface area contributed by atoms with Crippen LogP contribution in [-0.4, -0.2) is 24.2 Å². The van der Waals surface area contributed by atoms with E-state index >= 15 is 0 Å². The molecule has 0 bridgehead atoms. The van der Waals surface area contributed by atoms with E-state index in [2.05, 4.69) is 9.82 Å². The van der Waals surface area contributed by atoms with Gasteiger partial charge in [-0.3, -0.25) is 4.68 Å². The van der Waals surface area contributed by atoms with Crippen LogP contribution in [0.3, 0.4) is 0 Å². The molecule has 0 aliphatic rings. The van der Waals surface area contributed by atoms with Crippen LogP contribution in [0.2, 0.25) is 0 Å². The molecule has 0 saturated heterocycles. The summed E-state index contributed by atoms with van der Waals surface area (Å²) in [6.45, 7) is 2.36. The van der Waals surface area contributed by atoms with Gasteiger partial charge in [0.2, 0.25) is 5.09 Å². The summed E-state index contributed by atoms with van der Waals surface area (Å²) in [4.78, 5) is 0. The Hall–Kier alpha value is -1.64. The SMILES string of the molecule is CC(Cn1cccn1)NS(=O)(=O)c1ccc(CN)o1. The van der Waals surface area contributed by atoms with Crippen molar-refractivity contribution in [2.45, 2.75) is 31.1 Å². The van der Waals surface area contributed by atoms with Crippen LogP contribution in [0.1, 0.15) is 12.7 Å². The number of hydrogen-bond acceptors (Lipinski definition) is 5. The minimum atomic E-state index is -3.67. The summed E-state index contributed by atoms with van der Waals surface area (Å²) < 4.78 is 33.4. The maximum absolute atomic E-state index is 12.0. The van der Waals surface area contributed by atoms with Crippen LogP contribution in [0.25, 0.3) is 0 Å². The molecule has 19 heavy (non-hydrogen) atoms. The Labute approximate surface area is 111 Å². The van der Waals surface area contributed by atoms with Crippen LogP contribution in [0.4, 0.5) is 0 Å². The molecular weight excluding hydrogens is 268 g/mol. The third-order valence-electron chi connectivity index (χ3n) is 2.48. The normalized spacial score (nSPS) is 13.6. The minimum absolute atomic E-state index is 0.125. The van der Waals surface area contributed by atoms with Crippen molar-refractivity contribution in [1.29, 1.82) is 0 Å². The van der Waals surface area contributed by atoms with E-state index < -0.39 is 10.0 Å². The lowest BCUT2D eigenvalue weighted by Crippen LogP contribution is -2.35. The van der Waals surface area contributed by atoms with E-state index in [1.54, 1.807) is 36.1 Å². The minimum Gasteiger partial charge on any atom is -0.447 e. The molecular formula is C11H16N4O3S. The number of rotatable bonds is 6. The molecule has 2 rings (SSSR count). The second-order valence-electron chi connectivity index (χ2n) is 4.18. The molecule has 2 heterocycles. The summed E-state index contributed by atoms with van der Waals surface area (Å²) >= 11 is 0. The van der Waals surface area contributed by atoms with Gasteiger partial charge in [0.25, 0.3) is 10.0 Å². The number of nitrogens with two attached hydrogens (primary N) is 1. The van der Waals surface area contributed by atoms with Crippen molar-refractivity contribution in [3.05, 3.63) is 36.4 Å². The van der Waals surface area contributed by atoms with Gasteiger partial charge in [-0.25, -0.2) is 13.1 Å². The van der Waals surface area contributed by atoms with Gasteiger partial charge >= 0.3 is 0 Å². The molecule has 1 unspecified atom stereocenters. The van der Waals surface area contributed by atoms with Gasteiger partial charge in [0.15, 0.2) is 0 Å². The molecule has 0 aromatic carbocycles. The Morgan fingerprint density at radius 3 is 2.89 bits per heavy atom. The topological polar surface area (TPSA) is 103 Å². The van der Waals surface area contributed by atoms with Gasteiger partial charge in [0, 0.05) is 18.4 Å². The van der Waals surface area contributed by atoms with Crippen molar-refractivity contribution in [2.75, 3.05) is 0 Å². The second-order valence-corrected chi connectivity index (χ2v) is 5.82. The largest absolute Gasteiger partial charge is 0.447 e. The summed E-state index contributed by atoms with van der Waals surface area (Å²) in [6, 6.07) is 4.41. The maximum Gasteiger partial charge on any atom is 0.274 e. The predicted molar refractivity (Wildman–Crippen MR) is 68.6 cm³/mol. The van der Waals surface area contributed by atoms with E-state index in [1.165, 1.54) is 6.07 Å². The summed E-state index contributed by atoms with van der Waals surface area (Å²) in [6.07, 6.45) is 3.41. The quantitative estimate of drug-likeness (QED) is 0.794. The fraction of sp³-hybridized carbons (Fsp3) is 0.364. The number of sulfonamides is 1. The highest BCUT2D eigenvalue weighted by Gasteiger charge is 2.21. The lowest BCUT2D eigenvalue weighted by atomic mass is 10.4. The highest BCUT2D eigenvalue weighted by Crippen LogP contribution is 2.13. The number of hydrogen-bond donors (Lipinski definition) is 2. The smallest absolute Gasteiger partial charge is 0.274 e. The number of aromatic nitrogens is 2. The zero-order valence-electron chi connectivity index (χ0n) is 10.5. The van der Waals surface area contributed by atoms with Crippen LogP contribution in [0.15, 0.2) is 40.1 Å². The van der Waals surface area contributed by atoms with Crippen molar-refractivity contribution in [3.8, 4) is 0 Å². The van der Waals surface area contributed by atoms with Crippen LogP contribution >= 0.6 is 0 Å². The average molecular weight is 284 g/mol. The van der Waals surface area contributed by atoms with Crippen molar-refractivity contribution >= 4 is 10.0 Å². The number of nitrogens with zero attached hydrogens (tertiary/aromatic N) is 2. The monoisotopic (exact) mass is 284 g/mol. The number of nitrogens with one attached hydrogen (secondary N) is 1. The van der Waals surface area contributed by atoms with Crippen LogP contribution in [0, 0.1) is 0 Å². The van der Waals surface area contributed by atoms with Crippen molar-refractivity contribution < 1.29 is 12.8 Å². The molecule has 0 spiro atoms. The first-order chi connectivity index (χ1) is 9.01. The van der Waals surface area contributed by atoms with Gasteiger partial charge in [-0.2, -0.15) is 5.10 Å². The van der Waals surface area contributed by atoms with Gasteiger partial charge in [-0.1, -0.05) is 0 Å². The predicted octanol–water partition coefficient (Wildman–Crippen LogP) is 0.302. The first-order valence-corrected chi connectivity index (χ1v) is 7.28. The van der Waals surface area contributed by atoms with Gasteiger partial charge in [-0.05, 0) is 25.1 Å². The third kappa shape index (κ3) is 3.43. The Bertz CT molecular complexity index is 618. The molecule has 0 aliphatic heterocycles. The second kappa shape index (κ2) is 5.55. The number of furan rings is 1. The Morgan fingerprint density at radius 1 is 1.53 bits per heavy atom. The summed E-state index contributed by atoms with van der Waals surface area (Å²) in [7, 11) is -3.67. The molecule has 7 nitrogen and oxygen atoms in total. The highest BCUT2D eigenvalue weighted by atomic mass is 32.2. The fourth-order valence-corrected chi connectivity index (χ4v) is 2.85. The Morgan fingerprint density at radius 2 is 2.32 bits per heavy atom. The zero-order valence-corrected chi connectivity index (χ0v) is 11.3. The lowest BCUT2D eigenvalue weighted by molar-refractivity contribution is 0.407. The van der Waals surface area contributed by atoms with E-state index in [9.17, 15) is 8.42 Å². The maximum atomic E-state index is 12.0. The van der Waals surface area contributed by atoms with E-state index in [4.69, 9.17) is 10.2 Å². The molecule has 0 amide bonds. The van der Waals surface area contributed by atoms with Crippen molar-refractivity contribution in [2.24, 2.45) is 5.73 Å². The van der Waals surface area contributed by atoms with E-state index in [0.29, 0.717) is 12.3 Å². The lowest BCUT2D eigenvalue weighted by Gasteiger charge is -2.12. The van der Waals surface area contributed by atoms with Gasteiger partial charge in [0.05, 0.1) is 13.1 Å². The highest BCUT2D eigenvalue weighted by molar-refractivity contribution is 7.89.